The maximum atomic E-state index is 12.9. The van der Waals surface area contributed by atoms with Crippen LogP contribution in [0.1, 0.15) is 73.2 Å². The number of carbonyl (C=O) groups excluding carboxylic acids is 3. The second kappa shape index (κ2) is 19.1. The van der Waals surface area contributed by atoms with Crippen LogP contribution in [-0.2, 0) is 20.6 Å². The lowest BCUT2D eigenvalue weighted by atomic mass is 10.2. The van der Waals surface area contributed by atoms with E-state index in [0.717, 1.165) is 37.0 Å². The number of benzene rings is 2. The molecule has 6 heterocycles. The molecule has 0 saturated heterocycles. The number of nitrogens with one attached hydrogen (secondary N) is 6. The molecular formula is C46H49N17O6. The first kappa shape index (κ1) is 45.1. The Balaban J connectivity index is 0.000000172. The van der Waals surface area contributed by atoms with E-state index >= 15 is 0 Å². The Kier molecular flexibility index (Phi) is 12.5. The molecule has 2 saturated carbocycles. The smallest absolute Gasteiger partial charge is 0.356 e. The second-order valence-corrected chi connectivity index (χ2v) is 16.5. The van der Waals surface area contributed by atoms with Gasteiger partial charge in [-0.2, -0.15) is 10.2 Å². The number of carboxylic acid groups (broad SMARTS) is 1. The van der Waals surface area contributed by atoms with Crippen LogP contribution in [0.25, 0.3) is 11.3 Å². The zero-order valence-corrected chi connectivity index (χ0v) is 38.3. The van der Waals surface area contributed by atoms with Crippen molar-refractivity contribution in [2.24, 2.45) is 14.1 Å². The van der Waals surface area contributed by atoms with Crippen molar-refractivity contribution in [2.45, 2.75) is 44.3 Å². The third kappa shape index (κ3) is 9.91. The number of amides is 3. The quantitative estimate of drug-likeness (QED) is 0.0684. The molecule has 2 aliphatic rings. The monoisotopic (exact) mass is 935 g/mol. The number of hydrogen-bond donors (Lipinski definition) is 7. The molecule has 354 valence electrons. The average Bonchev–Trinajstić information content (AvgIpc) is 4.15. The average molecular weight is 936 g/mol. The molecule has 2 aliphatic carbocycles. The normalized spacial score (nSPS) is 13.0. The molecule has 0 bridgehead atoms. The number of carboxylic acids is 1. The van der Waals surface area contributed by atoms with Gasteiger partial charge in [-0.1, -0.05) is 30.3 Å². The van der Waals surface area contributed by atoms with E-state index in [0.29, 0.717) is 69.3 Å². The molecule has 7 N–H and O–H groups in total. The van der Waals surface area contributed by atoms with Crippen LogP contribution >= 0.6 is 0 Å². The zero-order valence-electron chi connectivity index (χ0n) is 38.3. The third-order valence-corrected chi connectivity index (χ3v) is 11.3. The summed E-state index contributed by atoms with van der Waals surface area (Å²) in [5.41, 5.74) is 5.85. The van der Waals surface area contributed by atoms with Crippen molar-refractivity contribution in [3.05, 3.63) is 120 Å². The van der Waals surface area contributed by atoms with Crippen molar-refractivity contribution in [1.29, 1.82) is 0 Å². The van der Waals surface area contributed by atoms with Gasteiger partial charge in [0.2, 0.25) is 0 Å². The SMILES string of the molecule is CNc1cc(Nc2cnn(C)c2C(=O)Nc2ccccc2)nn2c(C(=O)NC3CC3)cnc12.COc1ccc(CN(C)c2cc(Nc3cnn(C)c3C(=O)O)nn3c(C(=O)NC4CC4)cnc23)cc1. The number of ether oxygens (including phenoxy) is 1. The number of aromatic carboxylic acids is 1. The van der Waals surface area contributed by atoms with Crippen molar-refractivity contribution in [3.63, 3.8) is 0 Å². The fourth-order valence-corrected chi connectivity index (χ4v) is 7.45. The topological polar surface area (TPSA) is 269 Å². The summed E-state index contributed by atoms with van der Waals surface area (Å²) in [7, 11) is 8.54. The summed E-state index contributed by atoms with van der Waals surface area (Å²) < 4.78 is 11.0. The summed E-state index contributed by atoms with van der Waals surface area (Å²) in [5.74, 6) is -0.384. The van der Waals surface area contributed by atoms with Crippen LogP contribution < -0.4 is 41.5 Å². The minimum Gasteiger partial charge on any atom is -0.497 e. The highest BCUT2D eigenvalue weighted by Gasteiger charge is 2.28. The van der Waals surface area contributed by atoms with Crippen molar-refractivity contribution in [1.82, 2.24) is 59.4 Å². The van der Waals surface area contributed by atoms with E-state index in [9.17, 15) is 24.3 Å². The minimum atomic E-state index is -1.12. The lowest BCUT2D eigenvalue weighted by molar-refractivity contribution is 0.0685. The summed E-state index contributed by atoms with van der Waals surface area (Å²) in [6.45, 7) is 0.548. The zero-order chi connectivity index (χ0) is 48.3. The van der Waals surface area contributed by atoms with E-state index in [4.69, 9.17) is 4.74 Å². The molecular weight excluding hydrogens is 887 g/mol. The van der Waals surface area contributed by atoms with Crippen LogP contribution in [-0.4, -0.2) is 111 Å². The summed E-state index contributed by atoms with van der Waals surface area (Å²) in [6, 6.07) is 20.8. The maximum absolute atomic E-state index is 12.9. The first-order chi connectivity index (χ1) is 33.4. The molecule has 3 amide bonds. The fourth-order valence-electron chi connectivity index (χ4n) is 7.45. The number of methoxy groups -OCH3 is 1. The van der Waals surface area contributed by atoms with E-state index in [1.54, 1.807) is 46.6 Å². The molecule has 0 spiro atoms. The molecule has 2 aromatic carbocycles. The van der Waals surface area contributed by atoms with Crippen LogP contribution in [0.15, 0.2) is 91.5 Å². The van der Waals surface area contributed by atoms with E-state index in [1.807, 2.05) is 66.5 Å². The number of rotatable bonds is 16. The van der Waals surface area contributed by atoms with Gasteiger partial charge in [-0.3, -0.25) is 23.7 Å². The molecule has 0 unspecified atom stereocenters. The second-order valence-electron chi connectivity index (χ2n) is 16.5. The van der Waals surface area contributed by atoms with Gasteiger partial charge in [0.1, 0.15) is 11.4 Å². The number of para-hydroxylation sites is 1. The Morgan fingerprint density at radius 2 is 1.26 bits per heavy atom. The van der Waals surface area contributed by atoms with Gasteiger partial charge >= 0.3 is 5.97 Å². The summed E-state index contributed by atoms with van der Waals surface area (Å²) in [5, 5.41) is 45.1. The Bertz CT molecular complexity index is 3210. The number of fused-ring (bicyclic) bond motifs is 2. The summed E-state index contributed by atoms with van der Waals surface area (Å²) >= 11 is 0. The molecule has 23 heteroatoms. The highest BCUT2D eigenvalue weighted by molar-refractivity contribution is 6.07. The lowest BCUT2D eigenvalue weighted by Gasteiger charge is -2.21. The highest BCUT2D eigenvalue weighted by atomic mass is 16.5. The molecule has 8 aromatic rings. The van der Waals surface area contributed by atoms with Gasteiger partial charge in [0.15, 0.2) is 40.0 Å². The first-order valence-electron chi connectivity index (χ1n) is 22.0. The number of nitrogens with zero attached hydrogens (tertiary/aromatic N) is 11. The van der Waals surface area contributed by atoms with E-state index in [1.165, 1.54) is 37.0 Å². The van der Waals surface area contributed by atoms with Crippen LogP contribution in [0.3, 0.4) is 0 Å². The maximum Gasteiger partial charge on any atom is 0.356 e. The van der Waals surface area contributed by atoms with E-state index < -0.39 is 5.97 Å². The molecule has 10 rings (SSSR count). The summed E-state index contributed by atoms with van der Waals surface area (Å²) in [4.78, 5) is 61.0. The largest absolute Gasteiger partial charge is 0.497 e. The number of aromatic nitrogens is 10. The van der Waals surface area contributed by atoms with Crippen LogP contribution in [0.5, 0.6) is 5.75 Å². The predicted molar refractivity (Wildman–Crippen MR) is 256 cm³/mol. The first-order valence-corrected chi connectivity index (χ1v) is 22.0. The van der Waals surface area contributed by atoms with Gasteiger partial charge in [0.25, 0.3) is 17.7 Å². The number of hydrogen-bond acceptors (Lipinski definition) is 15. The predicted octanol–water partition coefficient (Wildman–Crippen LogP) is 4.83. The third-order valence-electron chi connectivity index (χ3n) is 11.3. The molecule has 0 radical (unpaired) electrons. The van der Waals surface area contributed by atoms with Crippen molar-refractivity contribution < 1.29 is 29.0 Å². The number of anilines is 7. The highest BCUT2D eigenvalue weighted by Crippen LogP contribution is 2.30. The van der Waals surface area contributed by atoms with Crippen LogP contribution in [0.4, 0.5) is 40.1 Å². The number of carbonyl (C=O) groups is 4. The van der Waals surface area contributed by atoms with Crippen molar-refractivity contribution in [2.75, 3.05) is 47.4 Å². The van der Waals surface area contributed by atoms with Gasteiger partial charge in [-0.15, -0.1) is 10.2 Å². The van der Waals surface area contributed by atoms with Crippen LogP contribution in [0, 0.1) is 0 Å². The van der Waals surface area contributed by atoms with Crippen LogP contribution in [0.2, 0.25) is 0 Å². The molecule has 69 heavy (non-hydrogen) atoms. The Labute approximate surface area is 393 Å². The Morgan fingerprint density at radius 1 is 0.710 bits per heavy atom. The van der Waals surface area contributed by atoms with Gasteiger partial charge < -0.3 is 46.6 Å². The van der Waals surface area contributed by atoms with E-state index in [-0.39, 0.29) is 41.2 Å². The van der Waals surface area contributed by atoms with Gasteiger partial charge in [0.05, 0.1) is 54.6 Å². The summed E-state index contributed by atoms with van der Waals surface area (Å²) in [6.07, 6.45) is 9.87. The van der Waals surface area contributed by atoms with Gasteiger partial charge in [-0.25, -0.2) is 23.8 Å². The van der Waals surface area contributed by atoms with Gasteiger partial charge in [0, 0.05) is 64.6 Å². The van der Waals surface area contributed by atoms with E-state index in [2.05, 4.69) is 62.3 Å². The molecule has 23 nitrogen and oxygen atoms in total. The molecule has 0 aliphatic heterocycles. The van der Waals surface area contributed by atoms with Gasteiger partial charge in [-0.05, 0) is 55.5 Å². The lowest BCUT2D eigenvalue weighted by Crippen LogP contribution is -2.27. The molecule has 0 atom stereocenters. The van der Waals surface area contributed by atoms with Crippen molar-refractivity contribution >= 4 is 75.1 Å². The Morgan fingerprint density at radius 3 is 1.83 bits per heavy atom. The Hall–Kier alpha value is -9.02. The number of aryl methyl sites for hydroxylation is 2. The van der Waals surface area contributed by atoms with Crippen molar-refractivity contribution in [3.8, 4) is 5.75 Å². The standard InChI is InChI=1S/C24H26N8O4.C22H23N9O2/c1-30(13-14-4-8-16(36-3)9-5-14)18-10-20(28-17-11-26-31(2)21(17)24(34)35)29-32-19(12-25-22(18)32)23(33)27-15-6-7-15;1-23-15-10-18(29-31-17(12-24-20(15)31)21(32)26-14-8-9-14)28-16-11-25-30(2)19(16)22(33)27-13-6-4-3-5-7-13/h4-5,8-12,15H,6-7,13H2,1-3H3,(H,27,33)(H,28,29)(H,34,35);3-7,10-12,14,23H,8-9H2,1-2H3,(H,26,32)(H,27,33)(H,28,29). The minimum absolute atomic E-state index is 0.0117. The molecule has 6 aromatic heterocycles. The fraction of sp³-hybridized carbons (Fsp3) is 0.261. The molecule has 2 fully saturated rings. The number of imidazole rings is 2.